The van der Waals surface area contributed by atoms with Crippen LogP contribution in [0, 0.1) is 5.92 Å². The summed E-state index contributed by atoms with van der Waals surface area (Å²) in [6.45, 7) is 0. The number of aromatic nitrogens is 3. The number of hydrogen-bond donors (Lipinski definition) is 0. The molecule has 2 heterocycles. The average molecular weight is 267 g/mol. The van der Waals surface area contributed by atoms with Crippen molar-refractivity contribution in [1.82, 2.24) is 14.8 Å². The van der Waals surface area contributed by atoms with E-state index in [0.29, 0.717) is 5.82 Å². The Morgan fingerprint density at radius 1 is 1.15 bits per heavy atom. The van der Waals surface area contributed by atoms with Crippen LogP contribution in [0.5, 0.6) is 0 Å². The molecule has 4 nitrogen and oxygen atoms in total. The molecule has 1 saturated carbocycles. The quantitative estimate of drug-likeness (QED) is 0.803. The summed E-state index contributed by atoms with van der Waals surface area (Å²) in [5.74, 6) is 1.73. The molecule has 1 aromatic carbocycles. The SMILES string of the molecule is O=C(c1nc2n(n1)C(c1ccccc1)CCC2)C1CC1. The second-order valence-corrected chi connectivity index (χ2v) is 5.75. The van der Waals surface area contributed by atoms with Gasteiger partial charge in [0, 0.05) is 12.3 Å². The molecule has 1 atom stereocenters. The van der Waals surface area contributed by atoms with Gasteiger partial charge in [-0.2, -0.15) is 0 Å². The number of ketones is 1. The molecule has 1 aliphatic heterocycles. The van der Waals surface area contributed by atoms with Gasteiger partial charge in [0.15, 0.2) is 0 Å². The number of carbonyl (C=O) groups excluding carboxylic acids is 1. The molecule has 0 radical (unpaired) electrons. The molecule has 1 aliphatic carbocycles. The lowest BCUT2D eigenvalue weighted by molar-refractivity contribution is 0.0957. The van der Waals surface area contributed by atoms with E-state index >= 15 is 0 Å². The Morgan fingerprint density at radius 2 is 1.95 bits per heavy atom. The van der Waals surface area contributed by atoms with Crippen molar-refractivity contribution in [2.24, 2.45) is 5.92 Å². The number of aryl methyl sites for hydroxylation is 1. The van der Waals surface area contributed by atoms with E-state index in [0.717, 1.165) is 37.9 Å². The highest BCUT2D eigenvalue weighted by Crippen LogP contribution is 2.33. The Kier molecular flexibility index (Phi) is 2.69. The first kappa shape index (κ1) is 11.8. The summed E-state index contributed by atoms with van der Waals surface area (Å²) in [5.41, 5.74) is 1.25. The third-order valence-corrected chi connectivity index (χ3v) is 4.23. The molecule has 20 heavy (non-hydrogen) atoms. The molecule has 4 heteroatoms. The van der Waals surface area contributed by atoms with Crippen molar-refractivity contribution >= 4 is 5.78 Å². The van der Waals surface area contributed by atoms with Gasteiger partial charge in [0.05, 0.1) is 6.04 Å². The molecule has 0 N–H and O–H groups in total. The van der Waals surface area contributed by atoms with Gasteiger partial charge in [0.1, 0.15) is 5.82 Å². The predicted molar refractivity (Wildman–Crippen MR) is 74.6 cm³/mol. The number of hydrogen-bond acceptors (Lipinski definition) is 3. The third kappa shape index (κ3) is 1.96. The lowest BCUT2D eigenvalue weighted by Crippen LogP contribution is -2.20. The van der Waals surface area contributed by atoms with Crippen LogP contribution in [0.1, 0.15) is 53.7 Å². The number of nitrogens with zero attached hydrogens (tertiary/aromatic N) is 3. The highest BCUT2D eigenvalue weighted by Gasteiger charge is 2.34. The molecule has 0 spiro atoms. The topological polar surface area (TPSA) is 47.8 Å². The molecule has 1 fully saturated rings. The van der Waals surface area contributed by atoms with Crippen LogP contribution < -0.4 is 0 Å². The molecular weight excluding hydrogens is 250 g/mol. The molecule has 102 valence electrons. The van der Waals surface area contributed by atoms with Gasteiger partial charge in [-0.3, -0.25) is 4.79 Å². The van der Waals surface area contributed by atoms with Crippen LogP contribution in [-0.4, -0.2) is 20.5 Å². The van der Waals surface area contributed by atoms with Gasteiger partial charge in [0.25, 0.3) is 0 Å². The van der Waals surface area contributed by atoms with Crippen LogP contribution >= 0.6 is 0 Å². The molecule has 1 aromatic heterocycles. The Morgan fingerprint density at radius 3 is 2.70 bits per heavy atom. The van der Waals surface area contributed by atoms with Crippen molar-refractivity contribution in [2.75, 3.05) is 0 Å². The van der Waals surface area contributed by atoms with E-state index in [2.05, 4.69) is 34.3 Å². The minimum atomic E-state index is 0.138. The summed E-state index contributed by atoms with van der Waals surface area (Å²) >= 11 is 0. The Balaban J connectivity index is 1.71. The first-order chi connectivity index (χ1) is 9.83. The van der Waals surface area contributed by atoms with Gasteiger partial charge < -0.3 is 0 Å². The summed E-state index contributed by atoms with van der Waals surface area (Å²) in [6, 6.07) is 10.6. The van der Waals surface area contributed by atoms with Gasteiger partial charge >= 0.3 is 0 Å². The number of benzene rings is 1. The number of Topliss-reactive ketones (excluding diaryl/α,β-unsaturated/α-hetero) is 1. The summed E-state index contributed by atoms with van der Waals surface area (Å²) in [4.78, 5) is 16.6. The van der Waals surface area contributed by atoms with E-state index in [1.54, 1.807) is 0 Å². The van der Waals surface area contributed by atoms with Crippen LogP contribution in [0.3, 0.4) is 0 Å². The summed E-state index contributed by atoms with van der Waals surface area (Å²) in [7, 11) is 0. The van der Waals surface area contributed by atoms with Gasteiger partial charge in [-0.05, 0) is 31.2 Å². The molecule has 0 amide bonds. The van der Waals surface area contributed by atoms with Crippen molar-refractivity contribution in [3.8, 4) is 0 Å². The van der Waals surface area contributed by atoms with Crippen LogP contribution in [0.4, 0.5) is 0 Å². The monoisotopic (exact) mass is 267 g/mol. The second-order valence-electron chi connectivity index (χ2n) is 5.75. The third-order valence-electron chi connectivity index (χ3n) is 4.23. The van der Waals surface area contributed by atoms with Gasteiger partial charge in [-0.1, -0.05) is 30.3 Å². The van der Waals surface area contributed by atoms with Gasteiger partial charge in [0.2, 0.25) is 11.6 Å². The molecular formula is C16H17N3O. The number of fused-ring (bicyclic) bond motifs is 1. The second kappa shape index (κ2) is 4.54. The Hall–Kier alpha value is -1.97. The van der Waals surface area contributed by atoms with Gasteiger partial charge in [-0.15, -0.1) is 5.10 Å². The Labute approximate surface area is 117 Å². The van der Waals surface area contributed by atoms with Crippen molar-refractivity contribution in [3.05, 3.63) is 47.5 Å². The van der Waals surface area contributed by atoms with Crippen molar-refractivity contribution in [3.63, 3.8) is 0 Å². The smallest absolute Gasteiger partial charge is 0.217 e. The standard InChI is InChI=1S/C16H17N3O/c20-15(12-9-10-12)16-17-14-8-4-7-13(19(14)18-16)11-5-2-1-3-6-11/h1-3,5-6,12-13H,4,7-10H2. The van der Waals surface area contributed by atoms with Crippen molar-refractivity contribution in [1.29, 1.82) is 0 Å². The average Bonchev–Trinajstić information content (AvgIpc) is 3.25. The summed E-state index contributed by atoms with van der Waals surface area (Å²) < 4.78 is 1.98. The molecule has 1 unspecified atom stereocenters. The van der Waals surface area contributed by atoms with Crippen LogP contribution in [-0.2, 0) is 6.42 Å². The lowest BCUT2D eigenvalue weighted by atomic mass is 9.98. The summed E-state index contributed by atoms with van der Waals surface area (Å²) in [5, 5.41) is 4.53. The van der Waals surface area contributed by atoms with E-state index in [4.69, 9.17) is 0 Å². The highest BCUT2D eigenvalue weighted by molar-refractivity contribution is 5.95. The number of rotatable bonds is 3. The van der Waals surface area contributed by atoms with E-state index in [9.17, 15) is 4.79 Å². The zero-order chi connectivity index (χ0) is 13.5. The summed E-state index contributed by atoms with van der Waals surface area (Å²) in [6.07, 6.45) is 5.11. The minimum absolute atomic E-state index is 0.138. The Bertz CT molecular complexity index is 643. The molecule has 4 rings (SSSR count). The maximum absolute atomic E-state index is 12.1. The van der Waals surface area contributed by atoms with Crippen LogP contribution in [0.25, 0.3) is 0 Å². The maximum Gasteiger partial charge on any atom is 0.217 e. The van der Waals surface area contributed by atoms with Gasteiger partial charge in [-0.25, -0.2) is 9.67 Å². The highest BCUT2D eigenvalue weighted by atomic mass is 16.1. The number of carbonyl (C=O) groups is 1. The van der Waals surface area contributed by atoms with Crippen LogP contribution in [0.2, 0.25) is 0 Å². The van der Waals surface area contributed by atoms with E-state index in [1.807, 2.05) is 10.7 Å². The fourth-order valence-corrected chi connectivity index (χ4v) is 2.97. The van der Waals surface area contributed by atoms with Crippen molar-refractivity contribution in [2.45, 2.75) is 38.1 Å². The van der Waals surface area contributed by atoms with E-state index in [1.165, 1.54) is 5.56 Å². The van der Waals surface area contributed by atoms with E-state index in [-0.39, 0.29) is 17.7 Å². The maximum atomic E-state index is 12.1. The fraction of sp³-hybridized carbons (Fsp3) is 0.438. The lowest BCUT2D eigenvalue weighted by Gasteiger charge is -2.23. The zero-order valence-corrected chi connectivity index (χ0v) is 11.3. The first-order valence-corrected chi connectivity index (χ1v) is 7.37. The normalized spacial score (nSPS) is 21.5. The fourth-order valence-electron chi connectivity index (χ4n) is 2.97. The largest absolute Gasteiger partial charge is 0.290 e. The van der Waals surface area contributed by atoms with E-state index < -0.39 is 0 Å². The molecule has 2 aliphatic rings. The van der Waals surface area contributed by atoms with Crippen LogP contribution in [0.15, 0.2) is 30.3 Å². The molecule has 0 saturated heterocycles. The first-order valence-electron chi connectivity index (χ1n) is 7.37. The molecule has 0 bridgehead atoms. The molecule has 2 aromatic rings. The minimum Gasteiger partial charge on any atom is -0.290 e. The van der Waals surface area contributed by atoms with Crippen molar-refractivity contribution < 1.29 is 4.79 Å². The predicted octanol–water partition coefficient (Wildman–Crippen LogP) is 2.80. The zero-order valence-electron chi connectivity index (χ0n) is 11.3.